The number of H-pyrrole nitrogens is 1. The molecule has 0 spiro atoms. The molecule has 1 aromatic heterocycles. The standard InChI is InChI=1S/C16H14ClN5O3/c1-2-4-10-14-12(8(7-18)15(19)25-16(14)21-20-10)13-9(17)5-3-6-11(13)22(23)24/h3,5-6,12H,2,4,19H2,1H3,(H,20,21)/t12-/m0/s1. The fourth-order valence-corrected chi connectivity index (χ4v) is 3.29. The SMILES string of the molecule is CCCc1[nH]nc2c1[C@H](c1c(Cl)cccc1[N+](=O)[O-])C(C#N)=C(N)O2. The lowest BCUT2D eigenvalue weighted by Crippen LogP contribution is -2.22. The first kappa shape index (κ1) is 16.8. The minimum absolute atomic E-state index is 0.0717. The van der Waals surface area contributed by atoms with E-state index < -0.39 is 10.8 Å². The summed E-state index contributed by atoms with van der Waals surface area (Å²) in [5, 5.41) is 28.2. The summed E-state index contributed by atoms with van der Waals surface area (Å²) < 4.78 is 5.43. The van der Waals surface area contributed by atoms with Crippen molar-refractivity contribution in [3.63, 3.8) is 0 Å². The Morgan fingerprint density at radius 1 is 1.52 bits per heavy atom. The number of aromatic amines is 1. The summed E-state index contributed by atoms with van der Waals surface area (Å²) in [6, 6.07) is 6.39. The van der Waals surface area contributed by atoms with Crippen molar-refractivity contribution in [2.24, 2.45) is 5.73 Å². The van der Waals surface area contributed by atoms with Crippen molar-refractivity contribution < 1.29 is 9.66 Å². The zero-order chi connectivity index (χ0) is 18.1. The van der Waals surface area contributed by atoms with Gasteiger partial charge in [0.15, 0.2) is 0 Å². The van der Waals surface area contributed by atoms with Gasteiger partial charge in [0.1, 0.15) is 11.6 Å². The number of aryl methyl sites for hydroxylation is 1. The van der Waals surface area contributed by atoms with Crippen LogP contribution in [0.1, 0.15) is 36.1 Å². The molecule has 128 valence electrons. The molecular formula is C16H14ClN5O3. The molecule has 2 heterocycles. The lowest BCUT2D eigenvalue weighted by Gasteiger charge is -2.24. The summed E-state index contributed by atoms with van der Waals surface area (Å²) in [5.41, 5.74) is 7.24. The number of rotatable bonds is 4. The minimum atomic E-state index is -0.817. The first-order valence-electron chi connectivity index (χ1n) is 7.57. The van der Waals surface area contributed by atoms with Gasteiger partial charge in [-0.15, -0.1) is 5.10 Å². The Labute approximate surface area is 148 Å². The molecule has 0 saturated carbocycles. The zero-order valence-electron chi connectivity index (χ0n) is 13.2. The van der Waals surface area contributed by atoms with Gasteiger partial charge >= 0.3 is 0 Å². The lowest BCUT2D eigenvalue weighted by molar-refractivity contribution is -0.385. The van der Waals surface area contributed by atoms with E-state index in [1.165, 1.54) is 12.1 Å². The maximum atomic E-state index is 11.5. The largest absolute Gasteiger partial charge is 0.420 e. The van der Waals surface area contributed by atoms with Gasteiger partial charge in [0, 0.05) is 11.8 Å². The van der Waals surface area contributed by atoms with Gasteiger partial charge in [0.25, 0.3) is 5.69 Å². The van der Waals surface area contributed by atoms with Crippen LogP contribution >= 0.6 is 11.6 Å². The highest BCUT2D eigenvalue weighted by molar-refractivity contribution is 6.31. The number of halogens is 1. The van der Waals surface area contributed by atoms with Crippen molar-refractivity contribution in [2.75, 3.05) is 0 Å². The van der Waals surface area contributed by atoms with Crippen LogP contribution in [0.25, 0.3) is 0 Å². The normalized spacial score (nSPS) is 16.1. The van der Waals surface area contributed by atoms with Gasteiger partial charge in [-0.05, 0) is 12.5 Å². The molecule has 1 aliphatic heterocycles. The molecule has 3 rings (SSSR count). The van der Waals surface area contributed by atoms with Crippen LogP contribution in [0.15, 0.2) is 29.7 Å². The Morgan fingerprint density at radius 3 is 2.92 bits per heavy atom. The minimum Gasteiger partial charge on any atom is -0.420 e. The number of hydrogen-bond donors (Lipinski definition) is 2. The van der Waals surface area contributed by atoms with E-state index >= 15 is 0 Å². The van der Waals surface area contributed by atoms with Crippen molar-refractivity contribution >= 4 is 17.3 Å². The molecule has 9 heteroatoms. The highest BCUT2D eigenvalue weighted by Crippen LogP contribution is 2.47. The number of hydrogen-bond acceptors (Lipinski definition) is 6. The molecule has 1 atom stereocenters. The molecule has 8 nitrogen and oxygen atoms in total. The van der Waals surface area contributed by atoms with Gasteiger partial charge in [-0.2, -0.15) is 5.26 Å². The highest BCUT2D eigenvalue weighted by Gasteiger charge is 2.39. The summed E-state index contributed by atoms with van der Waals surface area (Å²) in [6.45, 7) is 1.99. The van der Waals surface area contributed by atoms with Crippen LogP contribution in [0.4, 0.5) is 5.69 Å². The monoisotopic (exact) mass is 359 g/mol. The average molecular weight is 360 g/mol. The van der Waals surface area contributed by atoms with Crippen LogP contribution in [0.5, 0.6) is 5.88 Å². The molecule has 0 unspecified atom stereocenters. The molecule has 2 aromatic rings. The maximum absolute atomic E-state index is 11.5. The van der Waals surface area contributed by atoms with Crippen LogP contribution in [0.3, 0.4) is 0 Å². The van der Waals surface area contributed by atoms with Crippen LogP contribution in [0.2, 0.25) is 5.02 Å². The van der Waals surface area contributed by atoms with Gasteiger partial charge in [-0.1, -0.05) is 31.0 Å². The lowest BCUT2D eigenvalue weighted by atomic mass is 9.82. The van der Waals surface area contributed by atoms with Crippen LogP contribution < -0.4 is 10.5 Å². The number of nitrogens with two attached hydrogens (primary N) is 1. The van der Waals surface area contributed by atoms with Gasteiger partial charge in [-0.25, -0.2) is 0 Å². The first-order valence-corrected chi connectivity index (χ1v) is 7.94. The fraction of sp³-hybridized carbons (Fsp3) is 0.250. The number of benzene rings is 1. The van der Waals surface area contributed by atoms with Crippen molar-refractivity contribution in [3.8, 4) is 11.9 Å². The summed E-state index contributed by atoms with van der Waals surface area (Å²) in [4.78, 5) is 11.0. The predicted octanol–water partition coefficient (Wildman–Crippen LogP) is 3.14. The van der Waals surface area contributed by atoms with Crippen LogP contribution in [-0.2, 0) is 6.42 Å². The second kappa shape index (κ2) is 6.45. The molecule has 0 saturated heterocycles. The second-order valence-corrected chi connectivity index (χ2v) is 5.93. The smallest absolute Gasteiger partial charge is 0.275 e. The Kier molecular flexibility index (Phi) is 4.33. The number of fused-ring (bicyclic) bond motifs is 1. The molecule has 1 aromatic carbocycles. The van der Waals surface area contributed by atoms with Crippen molar-refractivity contribution in [2.45, 2.75) is 25.7 Å². The number of aromatic nitrogens is 2. The Hall–Kier alpha value is -3.05. The summed E-state index contributed by atoms with van der Waals surface area (Å²) >= 11 is 6.29. The molecule has 0 radical (unpaired) electrons. The third kappa shape index (κ3) is 2.68. The molecule has 0 amide bonds. The Morgan fingerprint density at radius 2 is 2.28 bits per heavy atom. The van der Waals surface area contributed by atoms with Crippen LogP contribution in [-0.4, -0.2) is 15.1 Å². The van der Waals surface area contributed by atoms with E-state index in [1.807, 2.05) is 13.0 Å². The fourth-order valence-electron chi connectivity index (χ4n) is 3.01. The van der Waals surface area contributed by atoms with Crippen LogP contribution in [0, 0.1) is 21.4 Å². The third-order valence-corrected chi connectivity index (χ3v) is 4.36. The number of ether oxygens (including phenoxy) is 1. The first-order chi connectivity index (χ1) is 12.0. The number of nitriles is 1. The topological polar surface area (TPSA) is 131 Å². The molecule has 25 heavy (non-hydrogen) atoms. The maximum Gasteiger partial charge on any atom is 0.275 e. The van der Waals surface area contributed by atoms with E-state index in [4.69, 9.17) is 22.1 Å². The van der Waals surface area contributed by atoms with E-state index in [2.05, 4.69) is 10.2 Å². The molecule has 0 bridgehead atoms. The summed E-state index contributed by atoms with van der Waals surface area (Å²) in [5.74, 6) is -0.744. The predicted molar refractivity (Wildman–Crippen MR) is 90.0 cm³/mol. The van der Waals surface area contributed by atoms with E-state index in [-0.39, 0.29) is 33.6 Å². The molecule has 1 aliphatic rings. The summed E-state index contributed by atoms with van der Waals surface area (Å²) in [6.07, 6.45) is 1.45. The van der Waals surface area contributed by atoms with Crippen molar-refractivity contribution in [3.05, 3.63) is 61.6 Å². The summed E-state index contributed by atoms with van der Waals surface area (Å²) in [7, 11) is 0. The second-order valence-electron chi connectivity index (χ2n) is 5.53. The Bertz CT molecular complexity index is 928. The van der Waals surface area contributed by atoms with Gasteiger partial charge in [-0.3, -0.25) is 15.2 Å². The number of allylic oxidation sites excluding steroid dienone is 1. The van der Waals surface area contributed by atoms with Gasteiger partial charge < -0.3 is 10.5 Å². The number of nitro groups is 1. The number of nitrogens with zero attached hydrogens (tertiary/aromatic N) is 3. The Balaban J connectivity index is 2.34. The van der Waals surface area contributed by atoms with E-state index in [1.54, 1.807) is 6.07 Å². The third-order valence-electron chi connectivity index (χ3n) is 4.03. The van der Waals surface area contributed by atoms with E-state index in [9.17, 15) is 15.4 Å². The number of nitrogens with one attached hydrogen (secondary N) is 1. The average Bonchev–Trinajstić information content (AvgIpc) is 2.96. The van der Waals surface area contributed by atoms with E-state index in [0.717, 1.165) is 12.1 Å². The molecule has 0 aliphatic carbocycles. The molecule has 0 fully saturated rings. The van der Waals surface area contributed by atoms with Crippen molar-refractivity contribution in [1.82, 2.24) is 10.2 Å². The van der Waals surface area contributed by atoms with Gasteiger partial charge in [0.2, 0.25) is 11.8 Å². The van der Waals surface area contributed by atoms with Gasteiger partial charge in [0.05, 0.1) is 27.0 Å². The van der Waals surface area contributed by atoms with Crippen molar-refractivity contribution in [1.29, 1.82) is 5.26 Å². The van der Waals surface area contributed by atoms with E-state index in [0.29, 0.717) is 12.0 Å². The quantitative estimate of drug-likeness (QED) is 0.636. The molecular weight excluding hydrogens is 346 g/mol. The zero-order valence-corrected chi connectivity index (χ0v) is 14.0. The molecule has 3 N–H and O–H groups in total. The highest BCUT2D eigenvalue weighted by atomic mass is 35.5. The number of nitro benzene ring substituents is 1.